The van der Waals surface area contributed by atoms with Gasteiger partial charge in [-0.05, 0) is 49.0 Å². The van der Waals surface area contributed by atoms with Gasteiger partial charge in [0.25, 0.3) is 5.91 Å². The molecule has 0 saturated heterocycles. The Kier molecular flexibility index (Phi) is 7.56. The molecule has 1 amide bonds. The highest BCUT2D eigenvalue weighted by molar-refractivity contribution is 7.80. The molecule has 0 aliphatic heterocycles. The summed E-state index contributed by atoms with van der Waals surface area (Å²) in [6, 6.07) is 14.2. The first-order valence-corrected chi connectivity index (χ1v) is 9.39. The smallest absolute Gasteiger partial charge is 0.253 e. The number of aryl methyl sites for hydroxylation is 1. The fourth-order valence-electron chi connectivity index (χ4n) is 2.18. The summed E-state index contributed by atoms with van der Waals surface area (Å²) < 4.78 is 3.27. The highest BCUT2D eigenvalue weighted by Gasteiger charge is 2.35. The van der Waals surface area contributed by atoms with E-state index in [0.29, 0.717) is 11.3 Å². The van der Waals surface area contributed by atoms with Crippen LogP contribution in [0, 0.1) is 6.92 Å². The van der Waals surface area contributed by atoms with Crippen LogP contribution in [0.2, 0.25) is 0 Å². The van der Waals surface area contributed by atoms with Crippen LogP contribution in [0.15, 0.2) is 48.5 Å². The van der Waals surface area contributed by atoms with E-state index in [2.05, 4.69) is 16.0 Å². The Balaban J connectivity index is 2.10. The van der Waals surface area contributed by atoms with E-state index in [-0.39, 0.29) is 5.11 Å². The monoisotopic (exact) mass is 445 g/mol. The van der Waals surface area contributed by atoms with Crippen LogP contribution in [0.5, 0.6) is 5.75 Å². The molecular formula is C18H18Cl3N3O2S. The number of halogens is 3. The number of rotatable bonds is 5. The summed E-state index contributed by atoms with van der Waals surface area (Å²) in [4.78, 5) is 12.5. The van der Waals surface area contributed by atoms with Gasteiger partial charge in [-0.15, -0.1) is 0 Å². The van der Waals surface area contributed by atoms with Crippen molar-refractivity contribution in [1.82, 2.24) is 10.6 Å². The van der Waals surface area contributed by atoms with Crippen LogP contribution in [0.4, 0.5) is 5.69 Å². The number of hydrogen-bond acceptors (Lipinski definition) is 3. The van der Waals surface area contributed by atoms with Crippen molar-refractivity contribution < 1.29 is 9.53 Å². The lowest BCUT2D eigenvalue weighted by Crippen LogP contribution is -2.56. The summed E-state index contributed by atoms with van der Waals surface area (Å²) in [5, 5.41) is 8.67. The zero-order valence-corrected chi connectivity index (χ0v) is 17.6. The molecule has 0 aliphatic rings. The molecule has 0 heterocycles. The maximum Gasteiger partial charge on any atom is 0.253 e. The van der Waals surface area contributed by atoms with Crippen LogP contribution in [0.3, 0.4) is 0 Å². The van der Waals surface area contributed by atoms with Crippen molar-refractivity contribution >= 4 is 63.7 Å². The molecule has 2 aromatic carbocycles. The molecule has 0 aliphatic carbocycles. The number of hydrogen-bond donors (Lipinski definition) is 3. The Labute approximate surface area is 178 Å². The van der Waals surface area contributed by atoms with Crippen LogP contribution in [0.1, 0.15) is 15.9 Å². The van der Waals surface area contributed by atoms with Gasteiger partial charge >= 0.3 is 0 Å². The molecule has 0 saturated carbocycles. The SMILES string of the molecule is COc1cccc(C(=O)N[C@@H](NC(=S)Nc2ccccc2C)C(Cl)(Cl)Cl)c1. The number of alkyl halides is 3. The second-order valence-electron chi connectivity index (χ2n) is 5.59. The van der Waals surface area contributed by atoms with E-state index in [1.807, 2.05) is 31.2 Å². The number of carbonyl (C=O) groups excluding carboxylic acids is 1. The molecule has 0 fully saturated rings. The number of para-hydroxylation sites is 1. The summed E-state index contributed by atoms with van der Waals surface area (Å²) in [5.41, 5.74) is 2.15. The summed E-state index contributed by atoms with van der Waals surface area (Å²) >= 11 is 23.3. The van der Waals surface area contributed by atoms with Gasteiger partial charge in [-0.2, -0.15) is 0 Å². The van der Waals surface area contributed by atoms with Gasteiger partial charge in [0.1, 0.15) is 11.9 Å². The van der Waals surface area contributed by atoms with Crippen molar-refractivity contribution in [3.63, 3.8) is 0 Å². The van der Waals surface area contributed by atoms with Gasteiger partial charge in [0.05, 0.1) is 7.11 Å². The van der Waals surface area contributed by atoms with Crippen molar-refractivity contribution in [1.29, 1.82) is 0 Å². The van der Waals surface area contributed by atoms with Crippen molar-refractivity contribution in [3.05, 3.63) is 59.7 Å². The van der Waals surface area contributed by atoms with Crippen molar-refractivity contribution in [2.75, 3.05) is 12.4 Å². The van der Waals surface area contributed by atoms with Gasteiger partial charge in [0.2, 0.25) is 3.79 Å². The summed E-state index contributed by atoms with van der Waals surface area (Å²) in [7, 11) is 1.51. The van der Waals surface area contributed by atoms with E-state index in [4.69, 9.17) is 51.8 Å². The first-order valence-electron chi connectivity index (χ1n) is 7.85. The average molecular weight is 447 g/mol. The number of benzene rings is 2. The molecule has 2 rings (SSSR count). The number of anilines is 1. The Morgan fingerprint density at radius 2 is 1.81 bits per heavy atom. The fourth-order valence-corrected chi connectivity index (χ4v) is 2.74. The number of amides is 1. The van der Waals surface area contributed by atoms with Gasteiger partial charge in [-0.3, -0.25) is 4.79 Å². The predicted molar refractivity (Wildman–Crippen MR) is 115 cm³/mol. The second kappa shape index (κ2) is 9.46. The minimum absolute atomic E-state index is 0.201. The lowest BCUT2D eigenvalue weighted by molar-refractivity contribution is 0.0934. The molecule has 2 aromatic rings. The summed E-state index contributed by atoms with van der Waals surface area (Å²) in [6.45, 7) is 1.93. The Bertz CT molecular complexity index is 827. The van der Waals surface area contributed by atoms with Crippen molar-refractivity contribution in [3.8, 4) is 5.75 Å². The van der Waals surface area contributed by atoms with E-state index < -0.39 is 15.9 Å². The number of carbonyl (C=O) groups is 1. The van der Waals surface area contributed by atoms with Crippen LogP contribution < -0.4 is 20.7 Å². The van der Waals surface area contributed by atoms with E-state index in [1.54, 1.807) is 24.3 Å². The lowest BCUT2D eigenvalue weighted by atomic mass is 10.2. The Hall–Kier alpha value is -1.73. The molecule has 9 heteroatoms. The molecule has 0 bridgehead atoms. The van der Waals surface area contributed by atoms with E-state index in [1.165, 1.54) is 7.11 Å². The number of ether oxygens (including phenoxy) is 1. The molecule has 144 valence electrons. The zero-order valence-electron chi connectivity index (χ0n) is 14.6. The van der Waals surface area contributed by atoms with Crippen LogP contribution in [-0.2, 0) is 0 Å². The molecule has 27 heavy (non-hydrogen) atoms. The first kappa shape index (κ1) is 21.6. The molecule has 3 N–H and O–H groups in total. The number of nitrogens with one attached hydrogen (secondary N) is 3. The third-order valence-electron chi connectivity index (χ3n) is 3.60. The first-order chi connectivity index (χ1) is 12.7. The largest absolute Gasteiger partial charge is 0.497 e. The fraction of sp³-hybridized carbons (Fsp3) is 0.222. The Morgan fingerprint density at radius 1 is 1.11 bits per heavy atom. The molecule has 1 atom stereocenters. The maximum absolute atomic E-state index is 12.5. The molecule has 0 unspecified atom stereocenters. The molecule has 0 radical (unpaired) electrons. The predicted octanol–water partition coefficient (Wildman–Crippen LogP) is 4.42. The van der Waals surface area contributed by atoms with Gasteiger partial charge in [-0.25, -0.2) is 0 Å². The summed E-state index contributed by atoms with van der Waals surface area (Å²) in [5.74, 6) is 0.0919. The normalized spacial score (nSPS) is 12.0. The van der Waals surface area contributed by atoms with Crippen LogP contribution in [-0.4, -0.2) is 28.1 Å². The minimum Gasteiger partial charge on any atom is -0.497 e. The lowest BCUT2D eigenvalue weighted by Gasteiger charge is -2.28. The van der Waals surface area contributed by atoms with Crippen LogP contribution >= 0.6 is 47.0 Å². The standard InChI is InChI=1S/C18H18Cl3N3O2S/c1-11-6-3-4-9-14(11)22-17(27)24-16(18(19,20)21)23-15(25)12-7-5-8-13(10-12)26-2/h3-10,16H,1-2H3,(H,23,25)(H2,22,24,27)/t16-/m0/s1. The van der Waals surface area contributed by atoms with E-state index in [9.17, 15) is 4.79 Å². The third kappa shape index (κ3) is 6.43. The molecular weight excluding hydrogens is 429 g/mol. The van der Waals surface area contributed by atoms with Crippen molar-refractivity contribution in [2.45, 2.75) is 16.9 Å². The summed E-state index contributed by atoms with van der Waals surface area (Å²) in [6.07, 6.45) is -1.06. The quantitative estimate of drug-likeness (QED) is 0.361. The van der Waals surface area contributed by atoms with Gasteiger partial charge < -0.3 is 20.7 Å². The topological polar surface area (TPSA) is 62.4 Å². The second-order valence-corrected chi connectivity index (χ2v) is 8.37. The van der Waals surface area contributed by atoms with Crippen LogP contribution in [0.25, 0.3) is 0 Å². The molecule has 5 nitrogen and oxygen atoms in total. The average Bonchev–Trinajstić information content (AvgIpc) is 2.62. The number of thiocarbonyl (C=S) groups is 1. The zero-order chi connectivity index (χ0) is 20.0. The van der Waals surface area contributed by atoms with Gasteiger partial charge in [-0.1, -0.05) is 59.1 Å². The highest BCUT2D eigenvalue weighted by atomic mass is 35.6. The Morgan fingerprint density at radius 3 is 2.44 bits per heavy atom. The van der Waals surface area contributed by atoms with Gasteiger partial charge in [0.15, 0.2) is 5.11 Å². The number of methoxy groups -OCH3 is 1. The van der Waals surface area contributed by atoms with E-state index >= 15 is 0 Å². The van der Waals surface area contributed by atoms with Gasteiger partial charge in [0, 0.05) is 11.3 Å². The maximum atomic E-state index is 12.5. The minimum atomic E-state index is -1.84. The third-order valence-corrected chi connectivity index (χ3v) is 4.48. The van der Waals surface area contributed by atoms with Crippen molar-refractivity contribution in [2.24, 2.45) is 0 Å². The highest BCUT2D eigenvalue weighted by Crippen LogP contribution is 2.29. The molecule has 0 aromatic heterocycles. The molecule has 0 spiro atoms. The van der Waals surface area contributed by atoms with E-state index in [0.717, 1.165) is 11.3 Å².